The van der Waals surface area contributed by atoms with Crippen LogP contribution in [0.5, 0.6) is 0 Å². The van der Waals surface area contributed by atoms with Gasteiger partial charge in [-0.25, -0.2) is 0 Å². The topological polar surface area (TPSA) is 76.7 Å². The third-order valence-electron chi connectivity index (χ3n) is 2.90. The molecule has 1 aliphatic heterocycles. The van der Waals surface area contributed by atoms with Gasteiger partial charge in [-0.15, -0.1) is 0 Å². The summed E-state index contributed by atoms with van der Waals surface area (Å²) < 4.78 is 0.880. The Bertz CT molecular complexity index is 577. The first kappa shape index (κ1) is 13.7. The van der Waals surface area contributed by atoms with Gasteiger partial charge in [-0.3, -0.25) is 4.79 Å². The van der Waals surface area contributed by atoms with E-state index in [9.17, 15) is 9.90 Å². The lowest BCUT2D eigenvalue weighted by Crippen LogP contribution is -2.43. The number of benzene rings is 1. The van der Waals surface area contributed by atoms with Crippen molar-refractivity contribution in [2.45, 2.75) is 25.5 Å². The number of hydrogen-bond acceptors (Lipinski definition) is 4. The van der Waals surface area contributed by atoms with E-state index in [-0.39, 0.29) is 12.8 Å². The average Bonchev–Trinajstić information content (AvgIpc) is 2.67. The molecule has 1 aromatic rings. The Labute approximate surface area is 119 Å². The van der Waals surface area contributed by atoms with Gasteiger partial charge in [0.05, 0.1) is 6.07 Å². The molecule has 1 aliphatic rings. The number of hydrazone groups is 1. The van der Waals surface area contributed by atoms with E-state index in [0.717, 1.165) is 9.48 Å². The van der Waals surface area contributed by atoms with Crippen molar-refractivity contribution in [2.75, 3.05) is 0 Å². The Hall–Kier alpha value is -1.71. The zero-order chi connectivity index (χ0) is 14.0. The molecule has 0 bridgehead atoms. The predicted molar refractivity (Wildman–Crippen MR) is 72.8 cm³/mol. The van der Waals surface area contributed by atoms with Crippen molar-refractivity contribution < 1.29 is 9.90 Å². The summed E-state index contributed by atoms with van der Waals surface area (Å²) in [6.45, 7) is 1.74. The molecular weight excluding hydrogens is 310 g/mol. The van der Waals surface area contributed by atoms with Gasteiger partial charge in [0, 0.05) is 22.2 Å². The number of aliphatic hydroxyl groups is 1. The number of amides is 1. The highest BCUT2D eigenvalue weighted by Gasteiger charge is 2.44. The van der Waals surface area contributed by atoms with Gasteiger partial charge in [0.15, 0.2) is 5.72 Å². The normalized spacial score (nSPS) is 22.0. The summed E-state index contributed by atoms with van der Waals surface area (Å²) in [6, 6.07) is 8.80. The van der Waals surface area contributed by atoms with E-state index in [4.69, 9.17) is 5.26 Å². The number of carbonyl (C=O) groups is 1. The summed E-state index contributed by atoms with van der Waals surface area (Å²) >= 11 is 3.32. The fourth-order valence-corrected chi connectivity index (χ4v) is 2.33. The van der Waals surface area contributed by atoms with E-state index >= 15 is 0 Å². The smallest absolute Gasteiger partial charge is 0.259 e. The van der Waals surface area contributed by atoms with Crippen molar-refractivity contribution in [3.8, 4) is 6.07 Å². The maximum Gasteiger partial charge on any atom is 0.259 e. The molecule has 1 aromatic carbocycles. The number of halogens is 1. The fourth-order valence-electron chi connectivity index (χ4n) is 2.07. The summed E-state index contributed by atoms with van der Waals surface area (Å²) in [6.07, 6.45) is -0.0680. The lowest BCUT2D eigenvalue weighted by molar-refractivity contribution is -0.156. The molecule has 2 rings (SSSR count). The monoisotopic (exact) mass is 321 g/mol. The minimum atomic E-state index is -1.50. The highest BCUT2D eigenvalue weighted by Crippen LogP contribution is 2.36. The Balaban J connectivity index is 2.39. The minimum absolute atomic E-state index is 0.242. The maximum absolute atomic E-state index is 11.9. The van der Waals surface area contributed by atoms with Crippen molar-refractivity contribution in [1.29, 1.82) is 5.26 Å². The Kier molecular flexibility index (Phi) is 3.69. The fraction of sp³-hybridized carbons (Fsp3) is 0.308. The van der Waals surface area contributed by atoms with Gasteiger partial charge in [-0.1, -0.05) is 28.1 Å². The van der Waals surface area contributed by atoms with Crippen LogP contribution in [-0.2, 0) is 10.5 Å². The minimum Gasteiger partial charge on any atom is -0.365 e. The Morgan fingerprint density at radius 1 is 1.58 bits per heavy atom. The van der Waals surface area contributed by atoms with E-state index in [1.807, 2.05) is 0 Å². The number of nitriles is 1. The molecule has 6 heteroatoms. The Morgan fingerprint density at radius 3 is 2.79 bits per heavy atom. The van der Waals surface area contributed by atoms with Gasteiger partial charge in [-0.2, -0.15) is 15.4 Å². The molecule has 0 radical (unpaired) electrons. The number of nitrogens with zero attached hydrogens (tertiary/aromatic N) is 3. The van der Waals surface area contributed by atoms with Crippen LogP contribution < -0.4 is 0 Å². The highest BCUT2D eigenvalue weighted by molar-refractivity contribution is 9.10. The molecule has 1 unspecified atom stereocenters. The second kappa shape index (κ2) is 5.11. The molecule has 0 spiro atoms. The van der Waals surface area contributed by atoms with E-state index in [2.05, 4.69) is 21.0 Å². The van der Waals surface area contributed by atoms with Crippen LogP contribution in [0, 0.1) is 11.3 Å². The van der Waals surface area contributed by atoms with Gasteiger partial charge in [0.2, 0.25) is 0 Å². The van der Waals surface area contributed by atoms with Crippen LogP contribution in [0.15, 0.2) is 33.8 Å². The molecule has 0 fully saturated rings. The molecule has 98 valence electrons. The van der Waals surface area contributed by atoms with Crippen LogP contribution in [0.4, 0.5) is 0 Å². The van der Waals surface area contributed by atoms with E-state index < -0.39 is 11.6 Å². The summed E-state index contributed by atoms with van der Waals surface area (Å²) in [5.74, 6) is -0.509. The quantitative estimate of drug-likeness (QED) is 0.906. The Morgan fingerprint density at radius 2 is 2.21 bits per heavy atom. The SMILES string of the molecule is CC1=NN(C(=O)CC#N)C(O)(c2ccc(Br)cc2)C1. The van der Waals surface area contributed by atoms with Crippen LogP contribution in [0.1, 0.15) is 25.3 Å². The van der Waals surface area contributed by atoms with Gasteiger partial charge in [-0.05, 0) is 19.1 Å². The second-order valence-corrected chi connectivity index (χ2v) is 5.29. The first-order valence-electron chi connectivity index (χ1n) is 5.70. The predicted octanol–water partition coefficient (Wildman–Crippen LogP) is 2.12. The first-order chi connectivity index (χ1) is 8.97. The molecule has 1 heterocycles. The second-order valence-electron chi connectivity index (χ2n) is 4.38. The molecule has 0 aliphatic carbocycles. The number of rotatable bonds is 2. The first-order valence-corrected chi connectivity index (χ1v) is 6.49. The molecule has 0 saturated heterocycles. The summed E-state index contributed by atoms with van der Waals surface area (Å²) in [5, 5.41) is 24.4. The summed E-state index contributed by atoms with van der Waals surface area (Å²) in [4.78, 5) is 11.9. The molecule has 1 amide bonds. The van der Waals surface area contributed by atoms with Crippen molar-refractivity contribution in [2.24, 2.45) is 5.10 Å². The third kappa shape index (κ3) is 2.53. The van der Waals surface area contributed by atoms with Gasteiger partial charge >= 0.3 is 0 Å². The number of carbonyl (C=O) groups excluding carboxylic acids is 1. The van der Waals surface area contributed by atoms with Crippen molar-refractivity contribution >= 4 is 27.5 Å². The van der Waals surface area contributed by atoms with Crippen molar-refractivity contribution in [3.63, 3.8) is 0 Å². The van der Waals surface area contributed by atoms with Crippen LogP contribution >= 0.6 is 15.9 Å². The summed E-state index contributed by atoms with van der Waals surface area (Å²) in [7, 11) is 0. The molecule has 0 saturated carbocycles. The zero-order valence-electron chi connectivity index (χ0n) is 10.3. The third-order valence-corrected chi connectivity index (χ3v) is 3.43. The molecule has 1 N–H and O–H groups in total. The summed E-state index contributed by atoms with van der Waals surface area (Å²) in [5.41, 5.74) is -0.280. The van der Waals surface area contributed by atoms with E-state index in [1.165, 1.54) is 0 Å². The van der Waals surface area contributed by atoms with Crippen molar-refractivity contribution in [3.05, 3.63) is 34.3 Å². The van der Waals surface area contributed by atoms with Crippen LogP contribution in [-0.4, -0.2) is 21.7 Å². The lowest BCUT2D eigenvalue weighted by atomic mass is 9.97. The molecule has 19 heavy (non-hydrogen) atoms. The van der Waals surface area contributed by atoms with Crippen molar-refractivity contribution in [1.82, 2.24) is 5.01 Å². The molecule has 0 aromatic heterocycles. The van der Waals surface area contributed by atoms with E-state index in [0.29, 0.717) is 11.3 Å². The van der Waals surface area contributed by atoms with Gasteiger partial charge in [0.25, 0.3) is 5.91 Å². The van der Waals surface area contributed by atoms with Crippen LogP contribution in [0.3, 0.4) is 0 Å². The largest absolute Gasteiger partial charge is 0.365 e. The highest BCUT2D eigenvalue weighted by atomic mass is 79.9. The number of hydrogen-bond donors (Lipinski definition) is 1. The van der Waals surface area contributed by atoms with Gasteiger partial charge < -0.3 is 5.11 Å². The zero-order valence-corrected chi connectivity index (χ0v) is 11.9. The molecule has 5 nitrogen and oxygen atoms in total. The maximum atomic E-state index is 11.9. The molecular formula is C13H12BrN3O2. The van der Waals surface area contributed by atoms with Gasteiger partial charge in [0.1, 0.15) is 6.42 Å². The molecule has 1 atom stereocenters. The lowest BCUT2D eigenvalue weighted by Gasteiger charge is -2.31. The van der Waals surface area contributed by atoms with Crippen LogP contribution in [0.2, 0.25) is 0 Å². The standard InChI is InChI=1S/C13H12BrN3O2/c1-9-8-13(19,10-2-4-11(14)5-3-10)17(16-9)12(18)6-7-15/h2-5,19H,6,8H2,1H3. The average molecular weight is 322 g/mol. The van der Waals surface area contributed by atoms with E-state index in [1.54, 1.807) is 37.3 Å². The van der Waals surface area contributed by atoms with Crippen LogP contribution in [0.25, 0.3) is 0 Å².